The van der Waals surface area contributed by atoms with E-state index in [2.05, 4.69) is 27.7 Å². The fraction of sp³-hybridized carbons (Fsp3) is 1.00. The number of ether oxygens (including phenoxy) is 3. The lowest BCUT2D eigenvalue weighted by Crippen LogP contribution is -2.62. The Bertz CT molecular complexity index is 1140. The first-order valence-electron chi connectivity index (χ1n) is 17.4. The van der Waals surface area contributed by atoms with Crippen molar-refractivity contribution >= 4 is 0 Å². The zero-order valence-electron chi connectivity index (χ0n) is 27.7. The molecule has 44 heavy (non-hydrogen) atoms. The minimum atomic E-state index is -1.29. The fourth-order valence-electron chi connectivity index (χ4n) is 13.5. The minimum absolute atomic E-state index is 0.0477. The summed E-state index contributed by atoms with van der Waals surface area (Å²) in [5.74, 6) is 0.672. The Morgan fingerprint density at radius 1 is 0.818 bits per heavy atom. The Balaban J connectivity index is 1.15. The van der Waals surface area contributed by atoms with Crippen molar-refractivity contribution in [2.75, 3.05) is 13.2 Å². The molecule has 7 aliphatic rings. The predicted molar refractivity (Wildman–Crippen MR) is 161 cm³/mol. The maximum absolute atomic E-state index is 11.9. The average Bonchev–Trinajstić information content (AvgIpc) is 3.30. The number of aliphatic hydroxyl groups excluding tert-OH is 5. The Kier molecular flexibility index (Phi) is 7.21. The third-order valence-electron chi connectivity index (χ3n) is 15.5. The summed E-state index contributed by atoms with van der Waals surface area (Å²) in [6, 6.07) is 0. The molecule has 0 aromatic rings. The van der Waals surface area contributed by atoms with Crippen LogP contribution < -0.4 is 0 Å². The lowest BCUT2D eigenvalue weighted by Gasteiger charge is -2.64. The van der Waals surface area contributed by atoms with E-state index in [1.54, 1.807) is 13.8 Å². The van der Waals surface area contributed by atoms with E-state index in [-0.39, 0.29) is 53.0 Å². The van der Waals surface area contributed by atoms with Crippen LogP contribution in [0.1, 0.15) is 106 Å². The van der Waals surface area contributed by atoms with Crippen molar-refractivity contribution in [3.05, 3.63) is 0 Å². The maximum atomic E-state index is 11.9. The van der Waals surface area contributed by atoms with Crippen molar-refractivity contribution in [3.63, 3.8) is 0 Å². The van der Waals surface area contributed by atoms with Crippen LogP contribution in [0.25, 0.3) is 0 Å². The summed E-state index contributed by atoms with van der Waals surface area (Å²) in [4.78, 5) is 0. The highest BCUT2D eigenvalue weighted by Gasteiger charge is 2.84. The van der Waals surface area contributed by atoms with Gasteiger partial charge in [0.15, 0.2) is 6.29 Å². The third kappa shape index (κ3) is 3.97. The van der Waals surface area contributed by atoms with E-state index in [4.69, 9.17) is 14.2 Å². The van der Waals surface area contributed by atoms with Crippen LogP contribution >= 0.6 is 0 Å². The first-order chi connectivity index (χ1) is 20.4. The standard InChI is InChI=1S/C35H58O9/c1-29(2)21-7-8-22-31(5)15-19(37)27(32(6)11-9-24(44-32)30(3,4)41)35(31,18-36)14-13-34(22)17-33(21,34)12-10-23(29)43-28-26(40)25(39)20(38)16-42-28/h19-28,36-41H,7-18H2,1-6H3/t19-,20+,21-,22-,23-,24+,25-,26+,27+,28-,31-,32-,33+,34-,35-/m0/s1. The van der Waals surface area contributed by atoms with Gasteiger partial charge < -0.3 is 44.8 Å². The Morgan fingerprint density at radius 2 is 1.50 bits per heavy atom. The van der Waals surface area contributed by atoms with Gasteiger partial charge >= 0.3 is 0 Å². The molecule has 0 aromatic carbocycles. The molecule has 7 rings (SSSR count). The summed E-state index contributed by atoms with van der Waals surface area (Å²) in [6.45, 7) is 12.7. The second-order valence-corrected chi connectivity index (χ2v) is 18.0. The number of hydrogen-bond acceptors (Lipinski definition) is 9. The van der Waals surface area contributed by atoms with Crippen LogP contribution in [0.3, 0.4) is 0 Å². The SMILES string of the molecule is CC(C)(O)[C@H]1CC[C@@](C)([C@H]2[C@@H](O)C[C@@]3(C)[C@@H]4CC[C@H]5C(C)(C)[C@@H](O[C@@H]6OC[C@@H](O)[C@H](O)[C@H]6O)CC[C@@]56C[C@@]46CC[C@]23CO)O1. The normalized spacial score (nSPS) is 58.1. The molecular weight excluding hydrogens is 564 g/mol. The summed E-state index contributed by atoms with van der Waals surface area (Å²) in [5, 5.41) is 64.8. The summed E-state index contributed by atoms with van der Waals surface area (Å²) in [6.07, 6.45) is 3.69. The van der Waals surface area contributed by atoms with Crippen LogP contribution in [0.5, 0.6) is 0 Å². The topological polar surface area (TPSA) is 149 Å². The van der Waals surface area contributed by atoms with Crippen molar-refractivity contribution in [1.29, 1.82) is 0 Å². The summed E-state index contributed by atoms with van der Waals surface area (Å²) < 4.78 is 18.8. The van der Waals surface area contributed by atoms with Gasteiger partial charge in [-0.05, 0) is 118 Å². The number of aliphatic hydroxyl groups is 6. The Hall–Kier alpha value is -0.360. The zero-order valence-corrected chi connectivity index (χ0v) is 27.7. The number of hydrogen-bond donors (Lipinski definition) is 6. The molecular formula is C35H58O9. The third-order valence-corrected chi connectivity index (χ3v) is 15.5. The van der Waals surface area contributed by atoms with Crippen molar-refractivity contribution < 1.29 is 44.8 Å². The summed E-state index contributed by atoms with van der Waals surface area (Å²) in [5.41, 5.74) is -1.98. The van der Waals surface area contributed by atoms with Gasteiger partial charge in [-0.15, -0.1) is 0 Å². The fourth-order valence-corrected chi connectivity index (χ4v) is 13.5. The second kappa shape index (κ2) is 9.85. The summed E-state index contributed by atoms with van der Waals surface area (Å²) >= 11 is 0. The van der Waals surface area contributed by atoms with Crippen LogP contribution in [0.15, 0.2) is 0 Å². The largest absolute Gasteiger partial charge is 0.396 e. The van der Waals surface area contributed by atoms with Crippen LogP contribution in [-0.4, -0.2) is 98.0 Å². The first kappa shape index (κ1) is 32.2. The smallest absolute Gasteiger partial charge is 0.186 e. The number of rotatable bonds is 5. The molecule has 9 heteroatoms. The molecule has 2 saturated heterocycles. The summed E-state index contributed by atoms with van der Waals surface area (Å²) in [7, 11) is 0. The highest BCUT2D eigenvalue weighted by Crippen LogP contribution is 2.89. The highest BCUT2D eigenvalue weighted by atomic mass is 16.7. The predicted octanol–water partition coefficient (Wildman–Crippen LogP) is 2.90. The Labute approximate surface area is 262 Å². The second-order valence-electron chi connectivity index (χ2n) is 18.0. The molecule has 15 atom stereocenters. The van der Waals surface area contributed by atoms with Crippen LogP contribution in [0.2, 0.25) is 0 Å². The molecule has 252 valence electrons. The van der Waals surface area contributed by atoms with Gasteiger partial charge in [0.05, 0.1) is 36.1 Å². The average molecular weight is 623 g/mol. The van der Waals surface area contributed by atoms with Gasteiger partial charge in [-0.1, -0.05) is 20.8 Å². The lowest BCUT2D eigenvalue weighted by atomic mass is 9.41. The van der Waals surface area contributed by atoms with E-state index in [1.165, 1.54) is 6.42 Å². The van der Waals surface area contributed by atoms with Gasteiger partial charge in [-0.3, -0.25) is 0 Å². The van der Waals surface area contributed by atoms with Crippen LogP contribution in [0, 0.1) is 44.8 Å². The number of fused-ring (bicyclic) bond motifs is 2. The van der Waals surface area contributed by atoms with Crippen LogP contribution in [0.4, 0.5) is 0 Å². The Morgan fingerprint density at radius 3 is 2.16 bits per heavy atom. The van der Waals surface area contributed by atoms with Crippen molar-refractivity contribution in [2.45, 2.75) is 160 Å². The van der Waals surface area contributed by atoms with E-state index in [0.29, 0.717) is 18.3 Å². The molecule has 5 saturated carbocycles. The lowest BCUT2D eigenvalue weighted by molar-refractivity contribution is -0.303. The molecule has 0 radical (unpaired) electrons. The molecule has 2 heterocycles. The van der Waals surface area contributed by atoms with E-state index in [1.807, 2.05) is 0 Å². The molecule has 2 spiro atoms. The quantitative estimate of drug-likeness (QED) is 0.255. The van der Waals surface area contributed by atoms with Gasteiger partial charge in [0.1, 0.15) is 18.3 Å². The van der Waals surface area contributed by atoms with Gasteiger partial charge in [0.2, 0.25) is 0 Å². The first-order valence-corrected chi connectivity index (χ1v) is 17.4. The van der Waals surface area contributed by atoms with Gasteiger partial charge in [0.25, 0.3) is 0 Å². The monoisotopic (exact) mass is 622 g/mol. The maximum Gasteiger partial charge on any atom is 0.186 e. The highest BCUT2D eigenvalue weighted by molar-refractivity contribution is 5.32. The van der Waals surface area contributed by atoms with E-state index >= 15 is 0 Å². The van der Waals surface area contributed by atoms with Gasteiger partial charge in [-0.2, -0.15) is 0 Å². The zero-order chi connectivity index (χ0) is 31.9. The molecule has 5 aliphatic carbocycles. The van der Waals surface area contributed by atoms with Crippen molar-refractivity contribution in [3.8, 4) is 0 Å². The van der Waals surface area contributed by atoms with Crippen molar-refractivity contribution in [1.82, 2.24) is 0 Å². The molecule has 0 unspecified atom stereocenters. The van der Waals surface area contributed by atoms with E-state index < -0.39 is 47.3 Å². The molecule has 9 nitrogen and oxygen atoms in total. The molecule has 6 N–H and O–H groups in total. The molecule has 2 aliphatic heterocycles. The van der Waals surface area contributed by atoms with Gasteiger partial charge in [0, 0.05) is 17.9 Å². The van der Waals surface area contributed by atoms with Crippen molar-refractivity contribution in [2.24, 2.45) is 44.8 Å². The van der Waals surface area contributed by atoms with Gasteiger partial charge in [-0.25, -0.2) is 0 Å². The molecule has 0 bridgehead atoms. The molecule has 7 fully saturated rings. The van der Waals surface area contributed by atoms with E-state index in [9.17, 15) is 30.6 Å². The van der Waals surface area contributed by atoms with E-state index in [0.717, 1.165) is 51.4 Å². The minimum Gasteiger partial charge on any atom is -0.396 e. The van der Waals surface area contributed by atoms with Crippen LogP contribution in [-0.2, 0) is 14.2 Å². The molecule has 0 amide bonds. The molecule has 0 aromatic heterocycles.